The van der Waals surface area contributed by atoms with E-state index in [0.29, 0.717) is 6.08 Å². The van der Waals surface area contributed by atoms with Gasteiger partial charge in [0.2, 0.25) is 5.83 Å². The van der Waals surface area contributed by atoms with Crippen molar-refractivity contribution in [1.29, 1.82) is 0 Å². The first-order valence-electron chi connectivity index (χ1n) is 2.50. The monoisotopic (exact) mass is 161 g/mol. The third kappa shape index (κ3) is 3.24. The van der Waals surface area contributed by atoms with Crippen molar-refractivity contribution < 1.29 is 13.7 Å². The fourth-order valence-electron chi connectivity index (χ4n) is 0.308. The molecule has 0 rings (SSSR count). The van der Waals surface area contributed by atoms with E-state index in [1.807, 2.05) is 0 Å². The highest BCUT2D eigenvalue weighted by atomic mass is 19.1. The molecule has 0 amide bonds. The molecule has 11 heavy (non-hydrogen) atoms. The number of rotatable bonds is 3. The van der Waals surface area contributed by atoms with Crippen molar-refractivity contribution in [3.8, 4) is 0 Å². The zero-order valence-electron chi connectivity index (χ0n) is 5.51. The zero-order chi connectivity index (χ0) is 9.02. The van der Waals surface area contributed by atoms with Gasteiger partial charge in [0, 0.05) is 6.08 Å². The van der Waals surface area contributed by atoms with E-state index in [-0.39, 0.29) is 0 Å². The Labute approximate surface area is 61.5 Å². The zero-order valence-corrected chi connectivity index (χ0v) is 5.51. The van der Waals surface area contributed by atoms with Crippen LogP contribution in [0, 0.1) is 10.1 Å². The first-order valence-corrected chi connectivity index (χ1v) is 2.50. The van der Waals surface area contributed by atoms with Crippen LogP contribution < -0.4 is 0 Å². The van der Waals surface area contributed by atoms with Gasteiger partial charge in [-0.3, -0.25) is 10.1 Å². The average molecular weight is 161 g/mol. The molecule has 0 aromatic heterocycles. The highest BCUT2D eigenvalue weighted by Gasteiger charge is 2.13. The lowest BCUT2D eigenvalue weighted by atomic mass is 10.4. The molecule has 0 radical (unpaired) electrons. The number of nitro groups is 1. The van der Waals surface area contributed by atoms with Gasteiger partial charge in [-0.2, -0.15) is 4.39 Å². The molecule has 60 valence electrons. The van der Waals surface area contributed by atoms with Crippen LogP contribution in [-0.4, -0.2) is 4.92 Å². The third-order valence-corrected chi connectivity index (χ3v) is 0.779. The van der Waals surface area contributed by atoms with Crippen molar-refractivity contribution in [3.63, 3.8) is 0 Å². The van der Waals surface area contributed by atoms with Gasteiger partial charge in [-0.25, -0.2) is 4.39 Å². The number of nitrogens with zero attached hydrogens (tertiary/aromatic N) is 1. The maximum absolute atomic E-state index is 12.3. The van der Waals surface area contributed by atoms with Crippen molar-refractivity contribution >= 4 is 0 Å². The molecule has 3 nitrogen and oxygen atoms in total. The molecule has 0 atom stereocenters. The molecule has 0 aliphatic rings. The van der Waals surface area contributed by atoms with E-state index in [2.05, 4.69) is 13.2 Å². The van der Waals surface area contributed by atoms with Crippen LogP contribution in [0.25, 0.3) is 0 Å². The SMILES string of the molecule is C=C(F)/C=C(/F)C(=C)[N+](=O)[O-]. The second kappa shape index (κ2) is 3.60. The summed E-state index contributed by atoms with van der Waals surface area (Å²) in [6.45, 7) is 5.45. The van der Waals surface area contributed by atoms with Crippen molar-refractivity contribution in [2.24, 2.45) is 0 Å². The van der Waals surface area contributed by atoms with E-state index in [9.17, 15) is 18.9 Å². The average Bonchev–Trinajstić information content (AvgIpc) is 1.84. The minimum absolute atomic E-state index is 0.297. The molecule has 0 spiro atoms. The lowest BCUT2D eigenvalue weighted by molar-refractivity contribution is -0.422. The molecule has 0 unspecified atom stereocenters. The second-order valence-corrected chi connectivity index (χ2v) is 1.64. The fraction of sp³-hybridized carbons (Fsp3) is 0. The van der Waals surface area contributed by atoms with Gasteiger partial charge in [-0.1, -0.05) is 6.58 Å². The Balaban J connectivity index is 4.49. The predicted molar refractivity (Wildman–Crippen MR) is 35.6 cm³/mol. The fourth-order valence-corrected chi connectivity index (χ4v) is 0.308. The quantitative estimate of drug-likeness (QED) is 0.361. The first-order chi connectivity index (χ1) is 4.95. The van der Waals surface area contributed by atoms with Crippen LogP contribution in [0.4, 0.5) is 8.78 Å². The van der Waals surface area contributed by atoms with Crippen LogP contribution in [0.15, 0.2) is 36.6 Å². The molecular formula is C6H5F2NO2. The van der Waals surface area contributed by atoms with Crippen molar-refractivity contribution in [3.05, 3.63) is 46.7 Å². The van der Waals surface area contributed by atoms with Crippen LogP contribution in [0.2, 0.25) is 0 Å². The van der Waals surface area contributed by atoms with Crippen molar-refractivity contribution in [2.45, 2.75) is 0 Å². The van der Waals surface area contributed by atoms with Gasteiger partial charge in [0.25, 0.3) is 5.70 Å². The van der Waals surface area contributed by atoms with E-state index >= 15 is 0 Å². The van der Waals surface area contributed by atoms with Crippen LogP contribution >= 0.6 is 0 Å². The minimum Gasteiger partial charge on any atom is -0.258 e. The van der Waals surface area contributed by atoms with Crippen LogP contribution in [0.3, 0.4) is 0 Å². The summed E-state index contributed by atoms with van der Waals surface area (Å²) in [7, 11) is 0. The smallest absolute Gasteiger partial charge is 0.258 e. The van der Waals surface area contributed by atoms with Crippen molar-refractivity contribution in [2.75, 3.05) is 0 Å². The Bertz CT molecular complexity index is 245. The third-order valence-electron chi connectivity index (χ3n) is 0.779. The molecule has 0 aromatic rings. The summed E-state index contributed by atoms with van der Waals surface area (Å²) in [5, 5.41) is 9.80. The molecule has 0 heterocycles. The highest BCUT2D eigenvalue weighted by Crippen LogP contribution is 2.12. The molecule has 0 N–H and O–H groups in total. The lowest BCUT2D eigenvalue weighted by Gasteiger charge is -1.89. The number of halogens is 2. The summed E-state index contributed by atoms with van der Waals surface area (Å²) in [6.07, 6.45) is 0.297. The number of hydrogen-bond donors (Lipinski definition) is 0. The van der Waals surface area contributed by atoms with Gasteiger partial charge in [0.1, 0.15) is 5.83 Å². The van der Waals surface area contributed by atoms with Crippen molar-refractivity contribution in [1.82, 2.24) is 0 Å². The number of allylic oxidation sites excluding steroid dienone is 3. The standard InChI is InChI=1S/C6H5F2NO2/c1-4(7)3-6(8)5(2)9(10)11/h3H,1-2H2/b6-3+. The van der Waals surface area contributed by atoms with Gasteiger partial charge in [0.15, 0.2) is 0 Å². The predicted octanol–water partition coefficient (Wildman–Crippen LogP) is 2.11. The Morgan fingerprint density at radius 1 is 1.45 bits per heavy atom. The Kier molecular flexibility index (Phi) is 3.10. The van der Waals surface area contributed by atoms with Crippen LogP contribution in [0.1, 0.15) is 0 Å². The molecular weight excluding hydrogens is 156 g/mol. The largest absolute Gasteiger partial charge is 0.297 e. The summed E-state index contributed by atoms with van der Waals surface area (Å²) >= 11 is 0. The molecule has 0 saturated carbocycles. The molecule has 0 aromatic carbocycles. The van der Waals surface area contributed by atoms with Gasteiger partial charge in [-0.05, 0) is 6.58 Å². The topological polar surface area (TPSA) is 43.1 Å². The minimum atomic E-state index is -1.33. The van der Waals surface area contributed by atoms with Crippen LogP contribution in [-0.2, 0) is 0 Å². The van der Waals surface area contributed by atoms with E-state index in [4.69, 9.17) is 0 Å². The second-order valence-electron chi connectivity index (χ2n) is 1.64. The molecule has 0 bridgehead atoms. The molecule has 0 aliphatic heterocycles. The van der Waals surface area contributed by atoms with E-state index in [1.54, 1.807) is 0 Å². The van der Waals surface area contributed by atoms with Crippen LogP contribution in [0.5, 0.6) is 0 Å². The lowest BCUT2D eigenvalue weighted by Crippen LogP contribution is -1.96. The highest BCUT2D eigenvalue weighted by molar-refractivity contribution is 5.22. The summed E-state index contributed by atoms with van der Waals surface area (Å²) < 4.78 is 24.1. The van der Waals surface area contributed by atoms with Gasteiger partial charge in [-0.15, -0.1) is 0 Å². The molecule has 0 saturated heterocycles. The molecule has 0 aliphatic carbocycles. The maximum Gasteiger partial charge on any atom is 0.297 e. The summed E-state index contributed by atoms with van der Waals surface area (Å²) in [4.78, 5) is 8.75. The maximum atomic E-state index is 12.3. The summed E-state index contributed by atoms with van der Waals surface area (Å²) in [5.41, 5.74) is -0.983. The van der Waals surface area contributed by atoms with Gasteiger partial charge >= 0.3 is 0 Å². The molecule has 0 fully saturated rings. The summed E-state index contributed by atoms with van der Waals surface area (Å²) in [6, 6.07) is 0. The Morgan fingerprint density at radius 2 is 1.91 bits per heavy atom. The normalized spacial score (nSPS) is 10.9. The van der Waals surface area contributed by atoms with Gasteiger partial charge in [0.05, 0.1) is 4.92 Å². The van der Waals surface area contributed by atoms with E-state index in [1.165, 1.54) is 0 Å². The number of hydrogen-bond acceptors (Lipinski definition) is 2. The molecule has 5 heteroatoms. The van der Waals surface area contributed by atoms with E-state index in [0.717, 1.165) is 0 Å². The Hall–Kier alpha value is -1.52. The summed E-state index contributed by atoms with van der Waals surface area (Å²) in [5.74, 6) is -2.42. The first kappa shape index (κ1) is 9.48. The Morgan fingerprint density at radius 3 is 2.18 bits per heavy atom. The van der Waals surface area contributed by atoms with Gasteiger partial charge < -0.3 is 0 Å². The van der Waals surface area contributed by atoms with E-state index < -0.39 is 22.3 Å².